The van der Waals surface area contributed by atoms with Crippen molar-refractivity contribution < 1.29 is 9.21 Å². The first-order chi connectivity index (χ1) is 15.8. The first-order valence-electron chi connectivity index (χ1n) is 11.1. The van der Waals surface area contributed by atoms with Crippen LogP contribution in [-0.2, 0) is 0 Å². The van der Waals surface area contributed by atoms with Gasteiger partial charge in [0.1, 0.15) is 10.8 Å². The molecule has 0 aliphatic carbocycles. The van der Waals surface area contributed by atoms with Gasteiger partial charge in [0.2, 0.25) is 0 Å². The Balaban J connectivity index is 1.78. The highest BCUT2D eigenvalue weighted by Gasteiger charge is 2.26. The van der Waals surface area contributed by atoms with E-state index in [1.807, 2.05) is 25.3 Å². The highest BCUT2D eigenvalue weighted by atomic mass is 32.1. The van der Waals surface area contributed by atoms with E-state index in [2.05, 4.69) is 67.6 Å². The lowest BCUT2D eigenvalue weighted by Gasteiger charge is -2.23. The molecule has 1 atom stereocenters. The van der Waals surface area contributed by atoms with Crippen molar-refractivity contribution in [2.45, 2.75) is 46.6 Å². The zero-order valence-corrected chi connectivity index (χ0v) is 20.4. The van der Waals surface area contributed by atoms with Crippen LogP contribution in [0.3, 0.4) is 0 Å². The molecule has 1 aromatic carbocycles. The highest BCUT2D eigenvalue weighted by molar-refractivity contribution is 7.16. The van der Waals surface area contributed by atoms with Crippen molar-refractivity contribution in [3.63, 3.8) is 0 Å². The molecule has 0 spiro atoms. The molecule has 0 bridgehead atoms. The summed E-state index contributed by atoms with van der Waals surface area (Å²) in [6.07, 6.45) is 3.31. The topological polar surface area (TPSA) is 67.2 Å². The summed E-state index contributed by atoms with van der Waals surface area (Å²) in [5.74, 6) is 1.28. The van der Waals surface area contributed by atoms with E-state index >= 15 is 0 Å². The van der Waals surface area contributed by atoms with Gasteiger partial charge < -0.3 is 15.1 Å². The number of hydrogen-bond donors (Lipinski definition) is 2. The highest BCUT2D eigenvalue weighted by Crippen LogP contribution is 2.41. The minimum Gasteiger partial charge on any atom is -0.459 e. The number of pyridine rings is 1. The number of benzene rings is 1. The molecule has 5 nitrogen and oxygen atoms in total. The van der Waals surface area contributed by atoms with E-state index in [-0.39, 0.29) is 17.7 Å². The second-order valence-electron chi connectivity index (χ2n) is 8.57. The Morgan fingerprint density at radius 3 is 2.39 bits per heavy atom. The SMILES string of the molecule is Cc1ccnc(N[C@@H](c2ccc(C(C)C)cc2)c2c(NC(=O)c3ccco3)sc(C)c2C)c1. The maximum atomic E-state index is 12.8. The number of aryl methyl sites for hydroxylation is 2. The number of hydrogen-bond acceptors (Lipinski definition) is 5. The number of rotatable bonds is 7. The molecule has 4 aromatic rings. The van der Waals surface area contributed by atoms with Gasteiger partial charge in [0.05, 0.1) is 12.3 Å². The Bertz CT molecular complexity index is 1240. The van der Waals surface area contributed by atoms with Crippen molar-refractivity contribution in [2.24, 2.45) is 0 Å². The van der Waals surface area contributed by atoms with E-state index in [0.717, 1.165) is 37.9 Å². The average molecular weight is 460 g/mol. The summed E-state index contributed by atoms with van der Waals surface area (Å²) in [7, 11) is 0. The molecule has 0 saturated carbocycles. The number of nitrogens with zero attached hydrogens (tertiary/aromatic N) is 1. The largest absolute Gasteiger partial charge is 0.459 e. The molecule has 0 fully saturated rings. The third-order valence-electron chi connectivity index (χ3n) is 5.84. The minimum atomic E-state index is -0.259. The Labute approximate surface area is 198 Å². The van der Waals surface area contributed by atoms with Crippen molar-refractivity contribution in [1.29, 1.82) is 0 Å². The summed E-state index contributed by atoms with van der Waals surface area (Å²) in [5, 5.41) is 7.51. The quantitative estimate of drug-likeness (QED) is 0.306. The molecule has 3 aromatic heterocycles. The van der Waals surface area contributed by atoms with Crippen LogP contribution in [0.4, 0.5) is 10.8 Å². The smallest absolute Gasteiger partial charge is 0.291 e. The maximum Gasteiger partial charge on any atom is 0.291 e. The van der Waals surface area contributed by atoms with Crippen molar-refractivity contribution >= 4 is 28.1 Å². The monoisotopic (exact) mass is 459 g/mol. The molecule has 6 heteroatoms. The Morgan fingerprint density at radius 1 is 1.03 bits per heavy atom. The first kappa shape index (κ1) is 22.8. The van der Waals surface area contributed by atoms with Crippen LogP contribution in [0.25, 0.3) is 0 Å². The molecular formula is C27H29N3O2S. The molecule has 0 unspecified atom stereocenters. The van der Waals surface area contributed by atoms with E-state index in [4.69, 9.17) is 4.42 Å². The number of aromatic nitrogens is 1. The molecule has 1 amide bonds. The average Bonchev–Trinajstić information content (AvgIpc) is 3.42. The summed E-state index contributed by atoms with van der Waals surface area (Å²) < 4.78 is 5.30. The molecule has 0 radical (unpaired) electrons. The predicted octanol–water partition coefficient (Wildman–Crippen LogP) is 7.24. The van der Waals surface area contributed by atoms with Gasteiger partial charge in [-0.05, 0) is 73.2 Å². The third-order valence-corrected chi connectivity index (χ3v) is 6.98. The number of nitrogens with one attached hydrogen (secondary N) is 2. The predicted molar refractivity (Wildman–Crippen MR) is 135 cm³/mol. The molecule has 4 rings (SSSR count). The standard InChI is InChI=1S/C27H29N3O2S/c1-16(2)20-8-10-21(11-9-20)25(29-23-15-17(3)12-13-28-23)24-18(4)19(5)33-27(24)30-26(31)22-7-6-14-32-22/h6-16,25H,1-5H3,(H,28,29)(H,30,31)/t25-/m0/s1. The lowest BCUT2D eigenvalue weighted by molar-refractivity contribution is 0.0997. The molecular weight excluding hydrogens is 430 g/mol. The lowest BCUT2D eigenvalue weighted by Crippen LogP contribution is -2.18. The summed E-state index contributed by atoms with van der Waals surface area (Å²) in [6, 6.07) is 15.9. The van der Waals surface area contributed by atoms with E-state index in [0.29, 0.717) is 5.92 Å². The minimum absolute atomic E-state index is 0.183. The van der Waals surface area contributed by atoms with Crippen LogP contribution in [0.2, 0.25) is 0 Å². The van der Waals surface area contributed by atoms with Crippen molar-refractivity contribution in [1.82, 2.24) is 4.98 Å². The summed E-state index contributed by atoms with van der Waals surface area (Å²) in [6.45, 7) is 10.6. The Hall–Kier alpha value is -3.38. The van der Waals surface area contributed by atoms with Crippen LogP contribution < -0.4 is 10.6 Å². The van der Waals surface area contributed by atoms with Gasteiger partial charge >= 0.3 is 0 Å². The number of furan rings is 1. The van der Waals surface area contributed by atoms with Gasteiger partial charge in [0.25, 0.3) is 5.91 Å². The van der Waals surface area contributed by atoms with Gasteiger partial charge in [-0.3, -0.25) is 4.79 Å². The number of carbonyl (C=O) groups is 1. The van der Waals surface area contributed by atoms with Crippen LogP contribution >= 0.6 is 11.3 Å². The summed E-state index contributed by atoms with van der Waals surface area (Å²) >= 11 is 1.58. The summed E-state index contributed by atoms with van der Waals surface area (Å²) in [4.78, 5) is 18.5. The van der Waals surface area contributed by atoms with Crippen molar-refractivity contribution in [2.75, 3.05) is 10.6 Å². The fraction of sp³-hybridized carbons (Fsp3) is 0.259. The number of carbonyl (C=O) groups excluding carboxylic acids is 1. The molecule has 3 heterocycles. The van der Waals surface area contributed by atoms with Crippen molar-refractivity contribution in [3.05, 3.63) is 99.4 Å². The van der Waals surface area contributed by atoms with E-state index in [1.54, 1.807) is 23.5 Å². The van der Waals surface area contributed by atoms with Gasteiger partial charge in [-0.1, -0.05) is 38.1 Å². The number of thiophene rings is 1. The Morgan fingerprint density at radius 2 is 1.76 bits per heavy atom. The van der Waals surface area contributed by atoms with Crippen LogP contribution in [-0.4, -0.2) is 10.9 Å². The van der Waals surface area contributed by atoms with Crippen LogP contribution in [0.5, 0.6) is 0 Å². The van der Waals surface area contributed by atoms with E-state index in [1.165, 1.54) is 11.8 Å². The van der Waals surface area contributed by atoms with Gasteiger partial charge in [-0.15, -0.1) is 11.3 Å². The molecule has 170 valence electrons. The maximum absolute atomic E-state index is 12.8. The molecule has 33 heavy (non-hydrogen) atoms. The second kappa shape index (κ2) is 9.63. The molecule has 0 aliphatic heterocycles. The molecule has 2 N–H and O–H groups in total. The zero-order chi connectivity index (χ0) is 23.5. The summed E-state index contributed by atoms with van der Waals surface area (Å²) in [5.41, 5.74) is 5.71. The van der Waals surface area contributed by atoms with Crippen LogP contribution in [0.15, 0.2) is 65.4 Å². The normalized spacial score (nSPS) is 12.1. The molecule has 0 aliphatic rings. The number of amides is 1. The first-order valence-corrected chi connectivity index (χ1v) is 11.9. The lowest BCUT2D eigenvalue weighted by atomic mass is 9.93. The van der Waals surface area contributed by atoms with Gasteiger partial charge in [-0.2, -0.15) is 0 Å². The van der Waals surface area contributed by atoms with Gasteiger partial charge in [0, 0.05) is 16.6 Å². The van der Waals surface area contributed by atoms with E-state index < -0.39 is 0 Å². The molecule has 0 saturated heterocycles. The number of anilines is 2. The third kappa shape index (κ3) is 5.01. The van der Waals surface area contributed by atoms with Gasteiger partial charge in [-0.25, -0.2) is 4.98 Å². The van der Waals surface area contributed by atoms with Crippen LogP contribution in [0, 0.1) is 20.8 Å². The fourth-order valence-electron chi connectivity index (χ4n) is 3.82. The van der Waals surface area contributed by atoms with E-state index in [9.17, 15) is 4.79 Å². The fourth-order valence-corrected chi connectivity index (χ4v) is 4.91. The zero-order valence-electron chi connectivity index (χ0n) is 19.6. The second-order valence-corrected chi connectivity index (χ2v) is 9.80. The van der Waals surface area contributed by atoms with Gasteiger partial charge in [0.15, 0.2) is 5.76 Å². The van der Waals surface area contributed by atoms with Crippen molar-refractivity contribution in [3.8, 4) is 0 Å². The Kier molecular flexibility index (Phi) is 6.65. The van der Waals surface area contributed by atoms with Crippen LogP contribution in [0.1, 0.15) is 69.1 Å².